The van der Waals surface area contributed by atoms with Crippen LogP contribution in [0, 0.1) is 5.82 Å². The van der Waals surface area contributed by atoms with E-state index in [0.717, 1.165) is 12.8 Å². The molecule has 1 aliphatic rings. The number of carbonyl (C=O) groups is 1. The van der Waals surface area contributed by atoms with Gasteiger partial charge in [-0.2, -0.15) is 4.31 Å². The molecule has 23 heavy (non-hydrogen) atoms. The van der Waals surface area contributed by atoms with Crippen molar-refractivity contribution in [1.82, 2.24) is 4.31 Å². The number of piperidine rings is 1. The molecule has 1 aromatic carbocycles. The number of halogens is 1. The average Bonchev–Trinajstić information content (AvgIpc) is 2.50. The second kappa shape index (κ2) is 7.88. The van der Waals surface area contributed by atoms with Gasteiger partial charge in [-0.15, -0.1) is 0 Å². The van der Waals surface area contributed by atoms with Crippen molar-refractivity contribution in [3.05, 3.63) is 35.6 Å². The highest BCUT2D eigenvalue weighted by Crippen LogP contribution is 2.25. The first kappa shape index (κ1) is 17.9. The van der Waals surface area contributed by atoms with Gasteiger partial charge in [0.2, 0.25) is 10.0 Å². The normalized spacial score (nSPS) is 19.5. The Kier molecular flexibility index (Phi) is 6.12. The standard InChI is InChI=1S/C16H22FNO4S/c1-2-22-16(19)11-14-8-5-6-10-18(14)23(20,21)12-13-7-3-4-9-15(13)17/h3-4,7,9,14H,2,5-6,8,10-12H2,1H3. The molecule has 1 atom stereocenters. The van der Waals surface area contributed by atoms with Crippen LogP contribution in [0.3, 0.4) is 0 Å². The van der Waals surface area contributed by atoms with Crippen LogP contribution in [0.1, 0.15) is 38.2 Å². The van der Waals surface area contributed by atoms with Crippen molar-refractivity contribution in [1.29, 1.82) is 0 Å². The van der Waals surface area contributed by atoms with Crippen LogP contribution < -0.4 is 0 Å². The molecule has 5 nitrogen and oxygen atoms in total. The highest BCUT2D eigenvalue weighted by Gasteiger charge is 2.34. The van der Waals surface area contributed by atoms with Crippen LogP contribution >= 0.6 is 0 Å². The van der Waals surface area contributed by atoms with E-state index in [1.54, 1.807) is 13.0 Å². The van der Waals surface area contributed by atoms with E-state index in [0.29, 0.717) is 13.0 Å². The fourth-order valence-electron chi connectivity index (χ4n) is 2.85. The third kappa shape index (κ3) is 4.75. The number of nitrogens with zero attached hydrogens (tertiary/aromatic N) is 1. The summed E-state index contributed by atoms with van der Waals surface area (Å²) in [6.07, 6.45) is 2.28. The summed E-state index contributed by atoms with van der Waals surface area (Å²) in [5, 5.41) is 0. The number of sulfonamides is 1. The number of ether oxygens (including phenoxy) is 1. The average molecular weight is 343 g/mol. The first-order valence-corrected chi connectivity index (χ1v) is 9.43. The maximum absolute atomic E-state index is 13.7. The molecular formula is C16H22FNO4S. The van der Waals surface area contributed by atoms with Gasteiger partial charge in [0, 0.05) is 18.2 Å². The molecule has 1 unspecified atom stereocenters. The first-order valence-electron chi connectivity index (χ1n) is 7.82. The molecule has 0 bridgehead atoms. The Morgan fingerprint density at radius 3 is 2.78 bits per heavy atom. The number of esters is 1. The van der Waals surface area contributed by atoms with Crippen LogP contribution in [0.25, 0.3) is 0 Å². The molecule has 1 saturated heterocycles. The third-order valence-electron chi connectivity index (χ3n) is 3.93. The van der Waals surface area contributed by atoms with E-state index in [4.69, 9.17) is 4.74 Å². The van der Waals surface area contributed by atoms with E-state index in [-0.39, 0.29) is 24.3 Å². The number of hydrogen-bond donors (Lipinski definition) is 0. The van der Waals surface area contributed by atoms with Crippen LogP contribution in [0.4, 0.5) is 4.39 Å². The fourth-order valence-corrected chi connectivity index (χ4v) is 4.69. The van der Waals surface area contributed by atoms with Crippen molar-refractivity contribution >= 4 is 16.0 Å². The maximum atomic E-state index is 13.7. The Morgan fingerprint density at radius 1 is 1.35 bits per heavy atom. The molecule has 2 rings (SSSR count). The van der Waals surface area contributed by atoms with E-state index < -0.39 is 27.9 Å². The Morgan fingerprint density at radius 2 is 2.09 bits per heavy atom. The molecule has 128 valence electrons. The third-order valence-corrected chi connectivity index (χ3v) is 5.80. The van der Waals surface area contributed by atoms with Crippen molar-refractivity contribution in [3.63, 3.8) is 0 Å². The lowest BCUT2D eigenvalue weighted by Crippen LogP contribution is -2.45. The van der Waals surface area contributed by atoms with Gasteiger partial charge >= 0.3 is 5.97 Å². The highest BCUT2D eigenvalue weighted by atomic mass is 32.2. The van der Waals surface area contributed by atoms with Crippen molar-refractivity contribution in [2.75, 3.05) is 13.2 Å². The van der Waals surface area contributed by atoms with E-state index >= 15 is 0 Å². The molecule has 7 heteroatoms. The summed E-state index contributed by atoms with van der Waals surface area (Å²) in [6, 6.07) is 5.45. The maximum Gasteiger partial charge on any atom is 0.307 e. The van der Waals surface area contributed by atoms with E-state index in [1.165, 1.54) is 22.5 Å². The van der Waals surface area contributed by atoms with Gasteiger partial charge in [0.25, 0.3) is 0 Å². The van der Waals surface area contributed by atoms with Crippen LogP contribution in [0.15, 0.2) is 24.3 Å². The predicted octanol–water partition coefficient (Wildman–Crippen LogP) is 2.46. The molecule has 0 amide bonds. The van der Waals surface area contributed by atoms with Gasteiger partial charge in [0.1, 0.15) is 5.82 Å². The Hall–Kier alpha value is -1.47. The molecule has 0 aliphatic carbocycles. The molecule has 1 heterocycles. The van der Waals surface area contributed by atoms with Gasteiger partial charge in [-0.05, 0) is 25.8 Å². The first-order chi connectivity index (χ1) is 10.9. The smallest absolute Gasteiger partial charge is 0.307 e. The minimum absolute atomic E-state index is 0.0460. The molecule has 0 saturated carbocycles. The Balaban J connectivity index is 2.15. The quantitative estimate of drug-likeness (QED) is 0.745. The minimum Gasteiger partial charge on any atom is -0.466 e. The summed E-state index contributed by atoms with van der Waals surface area (Å²) in [4.78, 5) is 11.7. The number of hydrogen-bond acceptors (Lipinski definition) is 4. The lowest BCUT2D eigenvalue weighted by Gasteiger charge is -2.34. The monoisotopic (exact) mass is 343 g/mol. The fraction of sp³-hybridized carbons (Fsp3) is 0.562. The second-order valence-corrected chi connectivity index (χ2v) is 7.54. The van der Waals surface area contributed by atoms with Crippen LogP contribution in [-0.2, 0) is 25.3 Å². The van der Waals surface area contributed by atoms with E-state index in [2.05, 4.69) is 0 Å². The van der Waals surface area contributed by atoms with Crippen molar-refractivity contribution in [3.8, 4) is 0 Å². The van der Waals surface area contributed by atoms with Gasteiger partial charge in [-0.3, -0.25) is 4.79 Å². The van der Waals surface area contributed by atoms with Crippen molar-refractivity contribution in [2.24, 2.45) is 0 Å². The summed E-state index contributed by atoms with van der Waals surface area (Å²) >= 11 is 0. The van der Waals surface area contributed by atoms with E-state index in [1.807, 2.05) is 0 Å². The van der Waals surface area contributed by atoms with Gasteiger partial charge < -0.3 is 4.74 Å². The summed E-state index contributed by atoms with van der Waals surface area (Å²) in [5.74, 6) is -1.32. The van der Waals surface area contributed by atoms with Gasteiger partial charge in [0.15, 0.2) is 0 Å². The van der Waals surface area contributed by atoms with Gasteiger partial charge in [0.05, 0.1) is 18.8 Å². The van der Waals surface area contributed by atoms with Gasteiger partial charge in [-0.1, -0.05) is 24.6 Å². The summed E-state index contributed by atoms with van der Waals surface area (Å²) in [6.45, 7) is 2.35. The summed E-state index contributed by atoms with van der Waals surface area (Å²) in [7, 11) is -3.68. The van der Waals surface area contributed by atoms with E-state index in [9.17, 15) is 17.6 Å². The lowest BCUT2D eigenvalue weighted by molar-refractivity contribution is -0.144. The van der Waals surface area contributed by atoms with Crippen molar-refractivity contribution < 1.29 is 22.3 Å². The molecule has 1 aliphatic heterocycles. The number of rotatable bonds is 6. The van der Waals surface area contributed by atoms with Gasteiger partial charge in [-0.25, -0.2) is 12.8 Å². The van der Waals surface area contributed by atoms with Crippen molar-refractivity contribution in [2.45, 2.75) is 44.4 Å². The SMILES string of the molecule is CCOC(=O)CC1CCCCN1S(=O)(=O)Cc1ccccc1F. The molecular weight excluding hydrogens is 321 g/mol. The second-order valence-electron chi connectivity index (χ2n) is 5.62. The number of carbonyl (C=O) groups excluding carboxylic acids is 1. The summed E-state index contributed by atoms with van der Waals surface area (Å²) in [5.41, 5.74) is 0.146. The molecule has 0 aromatic heterocycles. The summed E-state index contributed by atoms with van der Waals surface area (Å²) < 4.78 is 45.3. The zero-order valence-electron chi connectivity index (χ0n) is 13.2. The lowest BCUT2D eigenvalue weighted by atomic mass is 10.0. The predicted molar refractivity (Wildman–Crippen MR) is 84.6 cm³/mol. The number of benzene rings is 1. The molecule has 1 aromatic rings. The molecule has 0 spiro atoms. The highest BCUT2D eigenvalue weighted by molar-refractivity contribution is 7.88. The Bertz CT molecular complexity index is 647. The van der Waals surface area contributed by atoms with Crippen LogP contribution in [0.5, 0.6) is 0 Å². The molecule has 0 N–H and O–H groups in total. The largest absolute Gasteiger partial charge is 0.466 e. The zero-order valence-corrected chi connectivity index (χ0v) is 14.0. The topological polar surface area (TPSA) is 63.7 Å². The van der Waals surface area contributed by atoms with Crippen LogP contribution in [-0.4, -0.2) is 37.9 Å². The minimum atomic E-state index is -3.68. The van der Waals surface area contributed by atoms with Crippen LogP contribution in [0.2, 0.25) is 0 Å². The Labute approximate surface area is 136 Å². The molecule has 1 fully saturated rings. The zero-order chi connectivity index (χ0) is 16.9. The molecule has 0 radical (unpaired) electrons.